The normalized spacial score (nSPS) is 17.6. The summed E-state index contributed by atoms with van der Waals surface area (Å²) in [5.74, 6) is 0.407. The van der Waals surface area contributed by atoms with Crippen molar-refractivity contribution in [3.8, 4) is 5.88 Å². The number of hydrogen-bond acceptors (Lipinski definition) is 4. The molecule has 1 aliphatic heterocycles. The lowest BCUT2D eigenvalue weighted by molar-refractivity contribution is 0.0525. The van der Waals surface area contributed by atoms with Crippen LogP contribution in [0.5, 0.6) is 5.88 Å². The molecule has 0 aliphatic carbocycles. The van der Waals surface area contributed by atoms with Gasteiger partial charge in [0.15, 0.2) is 0 Å². The van der Waals surface area contributed by atoms with Gasteiger partial charge in [-0.3, -0.25) is 4.79 Å². The monoisotopic (exact) mass is 409 g/mol. The minimum atomic E-state index is -0.0920. The molecule has 2 heterocycles. The summed E-state index contributed by atoms with van der Waals surface area (Å²) in [5, 5.41) is 8.47. The third-order valence-electron chi connectivity index (χ3n) is 3.89. The van der Waals surface area contributed by atoms with Gasteiger partial charge in [0.25, 0.3) is 5.91 Å². The van der Waals surface area contributed by atoms with Gasteiger partial charge in [-0.15, -0.1) is 5.10 Å². The van der Waals surface area contributed by atoms with Crippen LogP contribution >= 0.6 is 27.5 Å². The molecule has 0 N–H and O–H groups in total. The largest absolute Gasteiger partial charge is 0.471 e. The number of amides is 1. The van der Waals surface area contributed by atoms with E-state index in [1.54, 1.807) is 23.1 Å². The Kier molecular flexibility index (Phi) is 5.36. The van der Waals surface area contributed by atoms with Crippen molar-refractivity contribution in [2.45, 2.75) is 25.9 Å². The van der Waals surface area contributed by atoms with Crippen molar-refractivity contribution in [2.24, 2.45) is 0 Å². The zero-order valence-corrected chi connectivity index (χ0v) is 15.5. The summed E-state index contributed by atoms with van der Waals surface area (Å²) in [7, 11) is 0. The average Bonchev–Trinajstić information content (AvgIpc) is 2.59. The molecule has 1 aliphatic rings. The summed E-state index contributed by atoms with van der Waals surface area (Å²) in [6.07, 6.45) is 1.66. The van der Waals surface area contributed by atoms with Crippen LogP contribution < -0.4 is 4.74 Å². The van der Waals surface area contributed by atoms with Crippen LogP contribution in [0.3, 0.4) is 0 Å². The van der Waals surface area contributed by atoms with Gasteiger partial charge in [-0.1, -0.05) is 27.5 Å². The highest BCUT2D eigenvalue weighted by molar-refractivity contribution is 9.10. The first-order valence-electron chi connectivity index (χ1n) is 7.74. The molecule has 0 spiro atoms. The minimum absolute atomic E-state index is 0.0791. The lowest BCUT2D eigenvalue weighted by Crippen LogP contribution is -2.44. The molecule has 1 saturated heterocycles. The van der Waals surface area contributed by atoms with Gasteiger partial charge in [0.2, 0.25) is 5.88 Å². The molecule has 1 unspecified atom stereocenters. The number of aromatic nitrogens is 2. The van der Waals surface area contributed by atoms with E-state index in [-0.39, 0.29) is 12.0 Å². The predicted molar refractivity (Wildman–Crippen MR) is 95.5 cm³/mol. The molecule has 5 nitrogen and oxygen atoms in total. The Morgan fingerprint density at radius 3 is 2.92 bits per heavy atom. The number of likely N-dealkylation sites (tertiary alicyclic amines) is 1. The van der Waals surface area contributed by atoms with E-state index >= 15 is 0 Å². The van der Waals surface area contributed by atoms with Gasteiger partial charge in [-0.25, -0.2) is 0 Å². The third-order valence-corrected chi connectivity index (χ3v) is 4.71. The minimum Gasteiger partial charge on any atom is -0.471 e. The number of piperidine rings is 1. The molecule has 0 bridgehead atoms. The van der Waals surface area contributed by atoms with Crippen molar-refractivity contribution in [2.75, 3.05) is 13.1 Å². The van der Waals surface area contributed by atoms with Crippen LogP contribution in [0.25, 0.3) is 0 Å². The van der Waals surface area contributed by atoms with E-state index < -0.39 is 0 Å². The van der Waals surface area contributed by atoms with E-state index in [9.17, 15) is 4.79 Å². The fourth-order valence-electron chi connectivity index (χ4n) is 2.67. The molecule has 2 aromatic rings. The van der Waals surface area contributed by atoms with E-state index in [2.05, 4.69) is 26.1 Å². The first-order chi connectivity index (χ1) is 11.5. The molecular weight excluding hydrogens is 394 g/mol. The molecule has 7 heteroatoms. The number of ether oxygens (including phenoxy) is 1. The van der Waals surface area contributed by atoms with Crippen molar-refractivity contribution in [3.05, 3.63) is 51.1 Å². The van der Waals surface area contributed by atoms with Gasteiger partial charge >= 0.3 is 0 Å². The fourth-order valence-corrected chi connectivity index (χ4v) is 3.23. The number of nitrogens with zero attached hydrogens (tertiary/aromatic N) is 3. The number of halogens is 2. The summed E-state index contributed by atoms with van der Waals surface area (Å²) < 4.78 is 6.70. The Hall–Kier alpha value is -1.66. The van der Waals surface area contributed by atoms with Crippen LogP contribution in [-0.4, -0.2) is 40.2 Å². The van der Waals surface area contributed by atoms with Crippen molar-refractivity contribution in [1.82, 2.24) is 15.1 Å². The van der Waals surface area contributed by atoms with Crippen LogP contribution in [0.1, 0.15) is 28.9 Å². The SMILES string of the molecule is Cc1ccc(OC2CCCN(C(=O)c3cc(Br)ccc3Cl)C2)nn1. The number of carbonyl (C=O) groups is 1. The number of carbonyl (C=O) groups excluding carboxylic acids is 1. The molecule has 3 rings (SSSR count). The van der Waals surface area contributed by atoms with Gasteiger partial charge in [-0.2, -0.15) is 5.10 Å². The Bertz CT molecular complexity index is 739. The molecule has 126 valence electrons. The molecule has 1 amide bonds. The van der Waals surface area contributed by atoms with Crippen LogP contribution in [0.2, 0.25) is 5.02 Å². The van der Waals surface area contributed by atoms with Gasteiger partial charge in [0, 0.05) is 17.1 Å². The van der Waals surface area contributed by atoms with Crippen molar-refractivity contribution >= 4 is 33.4 Å². The maximum absolute atomic E-state index is 12.8. The summed E-state index contributed by atoms with van der Waals surface area (Å²) in [4.78, 5) is 14.5. The van der Waals surface area contributed by atoms with E-state index in [0.29, 0.717) is 29.6 Å². The van der Waals surface area contributed by atoms with Gasteiger partial charge in [0.1, 0.15) is 6.10 Å². The van der Waals surface area contributed by atoms with E-state index in [1.165, 1.54) is 0 Å². The van der Waals surface area contributed by atoms with Crippen LogP contribution in [-0.2, 0) is 0 Å². The lowest BCUT2D eigenvalue weighted by atomic mass is 10.1. The van der Waals surface area contributed by atoms with Crippen LogP contribution in [0.4, 0.5) is 0 Å². The highest BCUT2D eigenvalue weighted by Gasteiger charge is 2.27. The Labute approximate surface area is 154 Å². The fraction of sp³-hybridized carbons (Fsp3) is 0.353. The highest BCUT2D eigenvalue weighted by Crippen LogP contribution is 2.24. The van der Waals surface area contributed by atoms with Crippen molar-refractivity contribution < 1.29 is 9.53 Å². The molecule has 1 atom stereocenters. The topological polar surface area (TPSA) is 55.3 Å². The second kappa shape index (κ2) is 7.49. The number of aryl methyl sites for hydroxylation is 1. The first-order valence-corrected chi connectivity index (χ1v) is 8.91. The summed E-state index contributed by atoms with van der Waals surface area (Å²) in [5.41, 5.74) is 1.34. The van der Waals surface area contributed by atoms with Gasteiger partial charge < -0.3 is 9.64 Å². The molecule has 1 aromatic heterocycles. The molecule has 1 aromatic carbocycles. The quantitative estimate of drug-likeness (QED) is 0.770. The molecule has 0 saturated carbocycles. The zero-order valence-electron chi connectivity index (χ0n) is 13.2. The average molecular weight is 411 g/mol. The smallest absolute Gasteiger partial charge is 0.255 e. The summed E-state index contributed by atoms with van der Waals surface area (Å²) in [6, 6.07) is 8.94. The Morgan fingerprint density at radius 1 is 1.33 bits per heavy atom. The number of rotatable bonds is 3. The van der Waals surface area contributed by atoms with Gasteiger partial charge in [-0.05, 0) is 44.0 Å². The Morgan fingerprint density at radius 2 is 2.17 bits per heavy atom. The van der Waals surface area contributed by atoms with Crippen molar-refractivity contribution in [3.63, 3.8) is 0 Å². The van der Waals surface area contributed by atoms with E-state index in [4.69, 9.17) is 16.3 Å². The number of hydrogen-bond donors (Lipinski definition) is 0. The highest BCUT2D eigenvalue weighted by atomic mass is 79.9. The molecule has 24 heavy (non-hydrogen) atoms. The van der Waals surface area contributed by atoms with Gasteiger partial charge in [0.05, 0.1) is 22.8 Å². The maximum Gasteiger partial charge on any atom is 0.255 e. The molecule has 0 radical (unpaired) electrons. The second-order valence-corrected chi connectivity index (χ2v) is 7.09. The lowest BCUT2D eigenvalue weighted by Gasteiger charge is -2.32. The second-order valence-electron chi connectivity index (χ2n) is 5.77. The summed E-state index contributed by atoms with van der Waals surface area (Å²) in [6.45, 7) is 3.08. The predicted octanol–water partition coefficient (Wildman–Crippen LogP) is 3.88. The third kappa shape index (κ3) is 4.05. The van der Waals surface area contributed by atoms with Crippen molar-refractivity contribution in [1.29, 1.82) is 0 Å². The van der Waals surface area contributed by atoms with Crippen LogP contribution in [0, 0.1) is 6.92 Å². The number of benzene rings is 1. The van der Waals surface area contributed by atoms with E-state index in [0.717, 1.165) is 23.0 Å². The maximum atomic E-state index is 12.8. The van der Waals surface area contributed by atoms with E-state index in [1.807, 2.05) is 19.1 Å². The standard InChI is InChI=1S/C17H17BrClN3O2/c1-11-4-7-16(21-20-11)24-13-3-2-8-22(10-13)17(23)14-9-12(18)5-6-15(14)19/h4-7,9,13H,2-3,8,10H2,1H3. The Balaban J connectivity index is 1.69. The zero-order chi connectivity index (χ0) is 17.1. The van der Waals surface area contributed by atoms with Crippen LogP contribution in [0.15, 0.2) is 34.8 Å². The molecular formula is C17H17BrClN3O2. The summed E-state index contributed by atoms with van der Waals surface area (Å²) >= 11 is 9.55. The first kappa shape index (κ1) is 17.2. The molecule has 1 fully saturated rings.